The van der Waals surface area contributed by atoms with E-state index >= 15 is 0 Å². The molecule has 1 aromatic carbocycles. The number of ether oxygens (including phenoxy) is 4. The molecule has 10 nitrogen and oxygen atoms in total. The molecule has 2 fully saturated rings. The van der Waals surface area contributed by atoms with Gasteiger partial charge in [-0.1, -0.05) is 30.3 Å². The average molecular weight is 416 g/mol. The maximum atomic E-state index is 10.2. The van der Waals surface area contributed by atoms with Gasteiger partial charge < -0.3 is 49.6 Å². The van der Waals surface area contributed by atoms with Crippen molar-refractivity contribution in [3.05, 3.63) is 35.9 Å². The van der Waals surface area contributed by atoms with Gasteiger partial charge in [0, 0.05) is 0 Å². The first-order valence-corrected chi connectivity index (χ1v) is 9.51. The van der Waals surface area contributed by atoms with Crippen LogP contribution in [0.4, 0.5) is 0 Å². The molecule has 29 heavy (non-hydrogen) atoms. The van der Waals surface area contributed by atoms with Crippen molar-refractivity contribution < 1.29 is 49.6 Å². The lowest BCUT2D eigenvalue weighted by Crippen LogP contribution is -2.60. The number of rotatable bonds is 7. The van der Waals surface area contributed by atoms with E-state index in [2.05, 4.69) is 0 Å². The molecule has 0 spiro atoms. The second kappa shape index (κ2) is 10.2. The molecule has 164 valence electrons. The molecule has 0 aliphatic carbocycles. The molecule has 6 N–H and O–H groups in total. The van der Waals surface area contributed by atoms with Crippen molar-refractivity contribution in [2.45, 2.75) is 61.7 Å². The summed E-state index contributed by atoms with van der Waals surface area (Å²) in [5, 5.41) is 59.4. The van der Waals surface area contributed by atoms with Crippen molar-refractivity contribution in [3.8, 4) is 0 Å². The Hall–Kier alpha value is -1.18. The molecular weight excluding hydrogens is 388 g/mol. The van der Waals surface area contributed by atoms with E-state index in [1.165, 1.54) is 0 Å². The quantitative estimate of drug-likeness (QED) is 0.281. The fourth-order valence-corrected chi connectivity index (χ4v) is 3.25. The third-order valence-electron chi connectivity index (χ3n) is 5.06. The number of hydrogen-bond acceptors (Lipinski definition) is 10. The fraction of sp³-hybridized carbons (Fsp3) is 0.684. The Morgan fingerprint density at radius 1 is 0.793 bits per heavy atom. The normalized spacial score (nSPS) is 40.7. The molecule has 2 aliphatic rings. The smallest absolute Gasteiger partial charge is 0.186 e. The molecule has 3 rings (SSSR count). The average Bonchev–Trinajstić information content (AvgIpc) is 2.73. The highest BCUT2D eigenvalue weighted by Gasteiger charge is 2.45. The largest absolute Gasteiger partial charge is 0.388 e. The number of hydrogen-bond donors (Lipinski definition) is 6. The standard InChI is InChI=1S/C19H28O10/c20-11-8-27-18(16(24)13(11)21)28-9-12-14(22)15(23)17(25)19(29-12)26-7-6-10-4-2-1-3-5-10/h1-5,11-25H,6-9H2. The van der Waals surface area contributed by atoms with Crippen LogP contribution in [-0.2, 0) is 25.4 Å². The van der Waals surface area contributed by atoms with Crippen molar-refractivity contribution in [3.63, 3.8) is 0 Å². The highest BCUT2D eigenvalue weighted by Crippen LogP contribution is 2.24. The maximum absolute atomic E-state index is 10.2. The molecule has 2 saturated heterocycles. The minimum absolute atomic E-state index is 0.219. The Kier molecular flexibility index (Phi) is 7.93. The predicted molar refractivity (Wildman–Crippen MR) is 96.5 cm³/mol. The molecule has 0 radical (unpaired) electrons. The first kappa shape index (κ1) is 22.5. The van der Waals surface area contributed by atoms with Crippen molar-refractivity contribution >= 4 is 0 Å². The summed E-state index contributed by atoms with van der Waals surface area (Å²) in [6, 6.07) is 9.54. The zero-order chi connectivity index (χ0) is 21.0. The van der Waals surface area contributed by atoms with Crippen LogP contribution >= 0.6 is 0 Å². The Balaban J connectivity index is 1.51. The van der Waals surface area contributed by atoms with Crippen molar-refractivity contribution in [1.82, 2.24) is 0 Å². The van der Waals surface area contributed by atoms with E-state index in [1.54, 1.807) is 0 Å². The van der Waals surface area contributed by atoms with Gasteiger partial charge in [0.25, 0.3) is 0 Å². The molecule has 10 heteroatoms. The van der Waals surface area contributed by atoms with Crippen molar-refractivity contribution in [2.24, 2.45) is 0 Å². The fourth-order valence-electron chi connectivity index (χ4n) is 3.25. The van der Waals surface area contributed by atoms with Gasteiger partial charge in [-0.2, -0.15) is 0 Å². The molecule has 1 aromatic rings. The van der Waals surface area contributed by atoms with Gasteiger partial charge in [-0.3, -0.25) is 0 Å². The van der Waals surface area contributed by atoms with Gasteiger partial charge >= 0.3 is 0 Å². The summed E-state index contributed by atoms with van der Waals surface area (Å²) in [6.07, 6.45) is -11.5. The van der Waals surface area contributed by atoms with Gasteiger partial charge in [0.2, 0.25) is 0 Å². The van der Waals surface area contributed by atoms with E-state index in [-0.39, 0.29) is 19.8 Å². The van der Waals surface area contributed by atoms with Gasteiger partial charge in [0.05, 0.1) is 19.8 Å². The first-order chi connectivity index (χ1) is 13.9. The second-order valence-corrected chi connectivity index (χ2v) is 7.20. The van der Waals surface area contributed by atoms with Crippen LogP contribution in [0.1, 0.15) is 5.56 Å². The summed E-state index contributed by atoms with van der Waals surface area (Å²) in [7, 11) is 0. The maximum Gasteiger partial charge on any atom is 0.186 e. The van der Waals surface area contributed by atoms with Crippen LogP contribution in [-0.4, -0.2) is 106 Å². The van der Waals surface area contributed by atoms with Crippen molar-refractivity contribution in [2.75, 3.05) is 19.8 Å². The van der Waals surface area contributed by atoms with Gasteiger partial charge in [-0.15, -0.1) is 0 Å². The predicted octanol–water partition coefficient (Wildman–Crippen LogP) is -2.49. The molecule has 2 aliphatic heterocycles. The van der Waals surface area contributed by atoms with Crippen LogP contribution < -0.4 is 0 Å². The van der Waals surface area contributed by atoms with Crippen LogP contribution in [0, 0.1) is 0 Å². The van der Waals surface area contributed by atoms with Gasteiger partial charge in [0.15, 0.2) is 12.6 Å². The highest BCUT2D eigenvalue weighted by atomic mass is 16.7. The summed E-state index contributed by atoms with van der Waals surface area (Å²) in [6.45, 7) is -0.325. The summed E-state index contributed by atoms with van der Waals surface area (Å²) >= 11 is 0. The SMILES string of the molecule is OC1COC(OCC2OC(OCCc3ccccc3)C(O)C(O)C2O)C(O)C1O. The van der Waals surface area contributed by atoms with Gasteiger partial charge in [0.1, 0.15) is 42.7 Å². The zero-order valence-corrected chi connectivity index (χ0v) is 15.7. The number of aliphatic hydroxyl groups excluding tert-OH is 6. The van der Waals surface area contributed by atoms with Crippen LogP contribution in [0.5, 0.6) is 0 Å². The molecule has 0 bridgehead atoms. The zero-order valence-electron chi connectivity index (χ0n) is 15.7. The first-order valence-electron chi connectivity index (χ1n) is 9.51. The van der Waals surface area contributed by atoms with E-state index in [0.29, 0.717) is 6.42 Å². The molecule has 2 heterocycles. The van der Waals surface area contributed by atoms with Crippen LogP contribution in [0.15, 0.2) is 30.3 Å². The minimum atomic E-state index is -1.52. The second-order valence-electron chi connectivity index (χ2n) is 7.20. The molecule has 9 unspecified atom stereocenters. The minimum Gasteiger partial charge on any atom is -0.388 e. The highest BCUT2D eigenvalue weighted by molar-refractivity contribution is 5.14. The van der Waals surface area contributed by atoms with E-state index in [1.807, 2.05) is 30.3 Å². The van der Waals surface area contributed by atoms with E-state index in [4.69, 9.17) is 18.9 Å². The lowest BCUT2D eigenvalue weighted by molar-refractivity contribution is -0.320. The molecular formula is C19H28O10. The topological polar surface area (TPSA) is 158 Å². The summed E-state index contributed by atoms with van der Waals surface area (Å²) in [4.78, 5) is 0. The van der Waals surface area contributed by atoms with Gasteiger partial charge in [-0.25, -0.2) is 0 Å². The number of aliphatic hydroxyl groups is 6. The molecule has 0 aromatic heterocycles. The van der Waals surface area contributed by atoms with Gasteiger partial charge in [-0.05, 0) is 12.0 Å². The Labute approximate surface area is 167 Å². The van der Waals surface area contributed by atoms with Crippen molar-refractivity contribution in [1.29, 1.82) is 0 Å². The van der Waals surface area contributed by atoms with E-state index < -0.39 is 55.3 Å². The summed E-state index contributed by atoms with van der Waals surface area (Å²) < 4.78 is 21.6. The Bertz CT molecular complexity index is 616. The molecule has 0 amide bonds. The third-order valence-corrected chi connectivity index (χ3v) is 5.06. The molecule has 9 atom stereocenters. The van der Waals surface area contributed by atoms with E-state index in [0.717, 1.165) is 5.56 Å². The van der Waals surface area contributed by atoms with Crippen LogP contribution in [0.2, 0.25) is 0 Å². The van der Waals surface area contributed by atoms with Crippen LogP contribution in [0.25, 0.3) is 0 Å². The Morgan fingerprint density at radius 2 is 1.48 bits per heavy atom. The Morgan fingerprint density at radius 3 is 2.21 bits per heavy atom. The lowest BCUT2D eigenvalue weighted by Gasteiger charge is -2.41. The lowest BCUT2D eigenvalue weighted by atomic mass is 9.99. The number of benzene rings is 1. The third kappa shape index (κ3) is 5.50. The summed E-state index contributed by atoms with van der Waals surface area (Å²) in [5.41, 5.74) is 1.03. The monoisotopic (exact) mass is 416 g/mol. The van der Waals surface area contributed by atoms with Crippen LogP contribution in [0.3, 0.4) is 0 Å². The summed E-state index contributed by atoms with van der Waals surface area (Å²) in [5.74, 6) is 0. The molecule has 0 saturated carbocycles. The van der Waals surface area contributed by atoms with E-state index in [9.17, 15) is 30.6 Å².